The van der Waals surface area contributed by atoms with Crippen molar-refractivity contribution in [3.05, 3.63) is 59.3 Å². The van der Waals surface area contributed by atoms with Crippen LogP contribution in [0.4, 0.5) is 5.82 Å². The maximum atomic E-state index is 10.3. The molecule has 2 rings (SSSR count). The number of aryl methyl sites for hydroxylation is 1. The first-order chi connectivity index (χ1) is 9.13. The van der Waals surface area contributed by atoms with Gasteiger partial charge in [0.05, 0.1) is 0 Å². The van der Waals surface area contributed by atoms with Gasteiger partial charge < -0.3 is 10.0 Å². The number of benzene rings is 1. The third-order valence-electron chi connectivity index (χ3n) is 3.34. The second-order valence-corrected chi connectivity index (χ2v) is 4.74. The molecule has 0 aliphatic heterocycles. The van der Waals surface area contributed by atoms with Crippen LogP contribution < -0.4 is 4.90 Å². The maximum Gasteiger partial charge on any atom is 0.131 e. The lowest BCUT2D eigenvalue weighted by atomic mass is 10.0. The predicted molar refractivity (Wildman–Crippen MR) is 78.4 cm³/mol. The summed E-state index contributed by atoms with van der Waals surface area (Å²) in [7, 11) is 2.02. The summed E-state index contributed by atoms with van der Waals surface area (Å²) in [6, 6.07) is 11.7. The summed E-state index contributed by atoms with van der Waals surface area (Å²) in [4.78, 5) is 6.55. The van der Waals surface area contributed by atoms with E-state index in [-0.39, 0.29) is 0 Å². The molecule has 1 heterocycles. The van der Waals surface area contributed by atoms with Crippen molar-refractivity contribution in [1.29, 1.82) is 0 Å². The van der Waals surface area contributed by atoms with Crippen LogP contribution in [-0.4, -0.2) is 23.7 Å². The van der Waals surface area contributed by atoms with Gasteiger partial charge in [0.1, 0.15) is 11.9 Å². The number of hydrogen-bond acceptors (Lipinski definition) is 3. The van der Waals surface area contributed by atoms with Crippen molar-refractivity contribution >= 4 is 5.82 Å². The minimum absolute atomic E-state index is 0.617. The van der Waals surface area contributed by atoms with Gasteiger partial charge in [-0.15, -0.1) is 0 Å². The predicted octanol–water partition coefficient (Wildman–Crippen LogP) is 2.93. The zero-order chi connectivity index (χ0) is 13.8. The molecule has 2 aromatic rings. The van der Waals surface area contributed by atoms with Crippen molar-refractivity contribution < 1.29 is 5.11 Å². The molecule has 1 unspecified atom stereocenters. The van der Waals surface area contributed by atoms with E-state index in [0.717, 1.165) is 29.1 Å². The number of aromatic nitrogens is 1. The highest BCUT2D eigenvalue weighted by molar-refractivity contribution is 5.47. The Hall–Kier alpha value is -1.87. The van der Waals surface area contributed by atoms with Crippen LogP contribution in [-0.2, 0) is 0 Å². The van der Waals surface area contributed by atoms with Crippen LogP contribution in [0.2, 0.25) is 0 Å². The van der Waals surface area contributed by atoms with E-state index in [2.05, 4.69) is 16.8 Å². The third-order valence-corrected chi connectivity index (χ3v) is 3.34. The number of aliphatic hydroxyl groups is 1. The molecule has 0 amide bonds. The largest absolute Gasteiger partial charge is 0.384 e. The molecular formula is C16H20N2O. The van der Waals surface area contributed by atoms with Crippen LogP contribution in [0.5, 0.6) is 0 Å². The molecule has 0 saturated heterocycles. The Morgan fingerprint density at radius 1 is 1.21 bits per heavy atom. The Labute approximate surface area is 114 Å². The van der Waals surface area contributed by atoms with Gasteiger partial charge in [-0.2, -0.15) is 0 Å². The van der Waals surface area contributed by atoms with E-state index < -0.39 is 6.10 Å². The molecule has 0 saturated carbocycles. The first-order valence-corrected chi connectivity index (χ1v) is 6.54. The van der Waals surface area contributed by atoms with E-state index in [4.69, 9.17) is 0 Å². The van der Waals surface area contributed by atoms with E-state index >= 15 is 0 Å². The second-order valence-electron chi connectivity index (χ2n) is 4.74. The lowest BCUT2D eigenvalue weighted by Gasteiger charge is -2.19. The highest BCUT2D eigenvalue weighted by atomic mass is 16.3. The monoisotopic (exact) mass is 256 g/mol. The minimum Gasteiger partial charge on any atom is -0.384 e. The van der Waals surface area contributed by atoms with Gasteiger partial charge in [0.25, 0.3) is 0 Å². The molecule has 100 valence electrons. The van der Waals surface area contributed by atoms with Crippen LogP contribution in [0.15, 0.2) is 42.6 Å². The number of pyridine rings is 1. The number of aliphatic hydroxyl groups excluding tert-OH is 1. The summed E-state index contributed by atoms with van der Waals surface area (Å²) in [6.07, 6.45) is 1.14. The Bertz CT molecular complexity index is 540. The molecule has 1 N–H and O–H groups in total. The summed E-state index contributed by atoms with van der Waals surface area (Å²) < 4.78 is 0. The fourth-order valence-corrected chi connectivity index (χ4v) is 2.12. The zero-order valence-electron chi connectivity index (χ0n) is 11.7. The number of rotatable bonds is 4. The Kier molecular flexibility index (Phi) is 4.17. The Balaban J connectivity index is 2.30. The molecule has 0 bridgehead atoms. The van der Waals surface area contributed by atoms with Gasteiger partial charge in [-0.25, -0.2) is 4.98 Å². The van der Waals surface area contributed by atoms with Gasteiger partial charge in [-0.1, -0.05) is 30.3 Å². The molecule has 0 spiro atoms. The quantitative estimate of drug-likeness (QED) is 0.913. The molecule has 0 aliphatic rings. The fraction of sp³-hybridized carbons (Fsp3) is 0.312. The van der Waals surface area contributed by atoms with Gasteiger partial charge in [0.15, 0.2) is 0 Å². The summed E-state index contributed by atoms with van der Waals surface area (Å²) in [6.45, 7) is 5.03. The molecule has 19 heavy (non-hydrogen) atoms. The summed E-state index contributed by atoms with van der Waals surface area (Å²) in [5.74, 6) is 0.964. The van der Waals surface area contributed by atoms with Crippen LogP contribution in [0.1, 0.15) is 29.7 Å². The van der Waals surface area contributed by atoms with E-state index in [1.54, 1.807) is 6.20 Å². The zero-order valence-corrected chi connectivity index (χ0v) is 11.7. The van der Waals surface area contributed by atoms with Crippen LogP contribution >= 0.6 is 0 Å². The minimum atomic E-state index is -0.617. The number of hydrogen-bond donors (Lipinski definition) is 1. The number of nitrogens with zero attached hydrogens (tertiary/aromatic N) is 2. The maximum absolute atomic E-state index is 10.3. The first kappa shape index (κ1) is 13.6. The molecular weight excluding hydrogens is 236 g/mol. The van der Waals surface area contributed by atoms with Gasteiger partial charge >= 0.3 is 0 Å². The van der Waals surface area contributed by atoms with Crippen molar-refractivity contribution in [3.63, 3.8) is 0 Å². The average molecular weight is 256 g/mol. The van der Waals surface area contributed by atoms with Gasteiger partial charge in [-0.05, 0) is 31.0 Å². The normalized spacial score (nSPS) is 12.2. The van der Waals surface area contributed by atoms with Crippen molar-refractivity contribution in [2.24, 2.45) is 0 Å². The van der Waals surface area contributed by atoms with E-state index in [0.29, 0.717) is 0 Å². The van der Waals surface area contributed by atoms with E-state index in [9.17, 15) is 5.11 Å². The second kappa shape index (κ2) is 5.85. The Morgan fingerprint density at radius 2 is 1.89 bits per heavy atom. The molecule has 1 atom stereocenters. The summed E-state index contributed by atoms with van der Waals surface area (Å²) in [5.41, 5.74) is 2.80. The van der Waals surface area contributed by atoms with Crippen molar-refractivity contribution in [3.8, 4) is 0 Å². The molecule has 0 aliphatic carbocycles. The van der Waals surface area contributed by atoms with Gasteiger partial charge in [-0.3, -0.25) is 0 Å². The van der Waals surface area contributed by atoms with Crippen LogP contribution in [0, 0.1) is 6.92 Å². The van der Waals surface area contributed by atoms with Crippen molar-refractivity contribution in [2.75, 3.05) is 18.5 Å². The molecule has 1 aromatic carbocycles. The summed E-state index contributed by atoms with van der Waals surface area (Å²) >= 11 is 0. The smallest absolute Gasteiger partial charge is 0.131 e. The SMILES string of the molecule is CCN(C)c1ncc(C(O)c2ccccc2)cc1C. The third kappa shape index (κ3) is 2.93. The van der Waals surface area contributed by atoms with Crippen LogP contribution in [0.25, 0.3) is 0 Å². The molecule has 0 radical (unpaired) electrons. The van der Waals surface area contributed by atoms with Crippen molar-refractivity contribution in [2.45, 2.75) is 20.0 Å². The Morgan fingerprint density at radius 3 is 2.47 bits per heavy atom. The molecule has 3 nitrogen and oxygen atoms in total. The lowest BCUT2D eigenvalue weighted by molar-refractivity contribution is 0.220. The van der Waals surface area contributed by atoms with Crippen molar-refractivity contribution in [1.82, 2.24) is 4.98 Å². The summed E-state index contributed by atoms with van der Waals surface area (Å²) in [5, 5.41) is 10.3. The standard InChI is InChI=1S/C16H20N2O/c1-4-18(3)16-12(2)10-14(11-17-16)15(19)13-8-6-5-7-9-13/h5-11,15,19H,4H2,1-3H3. The van der Waals surface area contributed by atoms with E-state index in [1.165, 1.54) is 0 Å². The topological polar surface area (TPSA) is 36.4 Å². The molecule has 3 heteroatoms. The van der Waals surface area contributed by atoms with Gasteiger partial charge in [0.2, 0.25) is 0 Å². The van der Waals surface area contributed by atoms with E-state index in [1.807, 2.05) is 50.4 Å². The number of anilines is 1. The molecule has 1 aromatic heterocycles. The fourth-order valence-electron chi connectivity index (χ4n) is 2.12. The average Bonchev–Trinajstić information content (AvgIpc) is 2.46. The lowest BCUT2D eigenvalue weighted by Crippen LogP contribution is -2.18. The first-order valence-electron chi connectivity index (χ1n) is 6.54. The van der Waals surface area contributed by atoms with Gasteiger partial charge in [0, 0.05) is 25.4 Å². The molecule has 0 fully saturated rings. The highest BCUT2D eigenvalue weighted by Gasteiger charge is 2.13. The highest BCUT2D eigenvalue weighted by Crippen LogP contribution is 2.24. The van der Waals surface area contributed by atoms with Crippen LogP contribution in [0.3, 0.4) is 0 Å².